The molecule has 4 rings (SSSR count). The van der Waals surface area contributed by atoms with Crippen molar-refractivity contribution in [1.82, 2.24) is 15.2 Å². The third-order valence-electron chi connectivity index (χ3n) is 4.86. The lowest BCUT2D eigenvalue weighted by Crippen LogP contribution is -2.29. The highest BCUT2D eigenvalue weighted by Crippen LogP contribution is 2.25. The van der Waals surface area contributed by atoms with Gasteiger partial charge in [-0.15, -0.1) is 10.2 Å². The Morgan fingerprint density at radius 3 is 2.68 bits per heavy atom. The van der Waals surface area contributed by atoms with Gasteiger partial charge in [-0.2, -0.15) is 0 Å². The number of hydrogen-bond donors (Lipinski definition) is 1. The smallest absolute Gasteiger partial charge is 0.259 e. The van der Waals surface area contributed by atoms with E-state index in [4.69, 9.17) is 0 Å². The largest absolute Gasteiger partial charge is 0.353 e. The van der Waals surface area contributed by atoms with Gasteiger partial charge in [0, 0.05) is 19.3 Å². The Morgan fingerprint density at radius 1 is 1.21 bits per heavy atom. The molecule has 2 aromatic heterocycles. The van der Waals surface area contributed by atoms with Gasteiger partial charge >= 0.3 is 0 Å². The van der Waals surface area contributed by atoms with Crippen molar-refractivity contribution in [3.63, 3.8) is 0 Å². The average Bonchev–Trinajstić information content (AvgIpc) is 3.27. The van der Waals surface area contributed by atoms with Crippen molar-refractivity contribution in [2.24, 2.45) is 0 Å². The van der Waals surface area contributed by atoms with E-state index in [1.165, 1.54) is 28.0 Å². The van der Waals surface area contributed by atoms with Crippen LogP contribution in [0.25, 0.3) is 5.57 Å². The summed E-state index contributed by atoms with van der Waals surface area (Å²) >= 11 is 1.28. The molecule has 0 saturated carbocycles. The number of anilines is 2. The second-order valence-electron chi connectivity index (χ2n) is 6.58. The summed E-state index contributed by atoms with van der Waals surface area (Å²) in [5, 5.41) is 10.7. The Kier molecular flexibility index (Phi) is 5.43. The maximum Gasteiger partial charge on any atom is 0.259 e. The van der Waals surface area contributed by atoms with Crippen LogP contribution in [0.1, 0.15) is 34.8 Å². The molecule has 0 unspecified atom stereocenters. The summed E-state index contributed by atoms with van der Waals surface area (Å²) in [5.74, 6) is 0.649. The fourth-order valence-electron chi connectivity index (χ4n) is 3.20. The first-order chi connectivity index (χ1) is 13.7. The zero-order valence-corrected chi connectivity index (χ0v) is 16.4. The summed E-state index contributed by atoms with van der Waals surface area (Å²) in [5.41, 5.74) is 6.12. The molecule has 7 heteroatoms. The van der Waals surface area contributed by atoms with Crippen molar-refractivity contribution in [2.75, 3.05) is 23.3 Å². The molecule has 6 nitrogen and oxygen atoms in total. The minimum Gasteiger partial charge on any atom is -0.353 e. The molecule has 0 aliphatic carbocycles. The number of aryl methyl sites for hydroxylation is 1. The Hall–Kier alpha value is -3.06. The number of pyridine rings is 1. The van der Waals surface area contributed by atoms with Crippen LogP contribution in [0.3, 0.4) is 0 Å². The molecule has 1 amide bonds. The van der Waals surface area contributed by atoms with Gasteiger partial charge in [0.25, 0.3) is 5.91 Å². The number of nitrogens with zero attached hydrogens (tertiary/aromatic N) is 4. The van der Waals surface area contributed by atoms with Crippen LogP contribution in [-0.4, -0.2) is 34.2 Å². The van der Waals surface area contributed by atoms with Crippen LogP contribution in [0.2, 0.25) is 0 Å². The summed E-state index contributed by atoms with van der Waals surface area (Å²) in [4.78, 5) is 18.9. The summed E-state index contributed by atoms with van der Waals surface area (Å²) in [6, 6.07) is 12.5. The standard InChI is InChI=1S/C21H21N5OS/c1-2-15-3-5-16(6-4-15)17-9-11-26(12-10-17)19-8-7-18(13-22-19)20(27)24-21-25-23-14-28-21/h3-9,13-14H,2,10-12H2,1H3,(H,24,25,27). The number of amides is 1. The summed E-state index contributed by atoms with van der Waals surface area (Å²) in [7, 11) is 0. The van der Waals surface area contributed by atoms with Crippen molar-refractivity contribution in [3.8, 4) is 0 Å². The molecule has 28 heavy (non-hydrogen) atoms. The van der Waals surface area contributed by atoms with E-state index in [0.29, 0.717) is 10.7 Å². The Balaban J connectivity index is 1.40. The second kappa shape index (κ2) is 8.31. The molecule has 3 aromatic rings. The molecule has 0 radical (unpaired) electrons. The van der Waals surface area contributed by atoms with Crippen molar-refractivity contribution in [2.45, 2.75) is 19.8 Å². The van der Waals surface area contributed by atoms with E-state index in [2.05, 4.69) is 62.7 Å². The number of hydrogen-bond acceptors (Lipinski definition) is 6. The number of carbonyl (C=O) groups excluding carboxylic acids is 1. The summed E-state index contributed by atoms with van der Waals surface area (Å²) < 4.78 is 0. The van der Waals surface area contributed by atoms with E-state index in [-0.39, 0.29) is 5.91 Å². The van der Waals surface area contributed by atoms with Gasteiger partial charge in [0.05, 0.1) is 5.56 Å². The van der Waals surface area contributed by atoms with Crippen LogP contribution in [-0.2, 0) is 6.42 Å². The quantitative estimate of drug-likeness (QED) is 0.711. The van der Waals surface area contributed by atoms with Gasteiger partial charge in [0.1, 0.15) is 11.3 Å². The van der Waals surface area contributed by atoms with E-state index in [1.807, 2.05) is 6.07 Å². The highest BCUT2D eigenvalue weighted by molar-refractivity contribution is 7.13. The fraction of sp³-hybridized carbons (Fsp3) is 0.238. The zero-order valence-electron chi connectivity index (χ0n) is 15.6. The van der Waals surface area contributed by atoms with E-state index >= 15 is 0 Å². The molecule has 1 N–H and O–H groups in total. The van der Waals surface area contributed by atoms with Crippen molar-refractivity contribution in [3.05, 3.63) is 70.9 Å². The number of benzene rings is 1. The van der Waals surface area contributed by atoms with Crippen LogP contribution >= 0.6 is 11.3 Å². The van der Waals surface area contributed by atoms with Gasteiger partial charge in [0.15, 0.2) is 0 Å². The van der Waals surface area contributed by atoms with Crippen LogP contribution in [0.4, 0.5) is 10.9 Å². The maximum atomic E-state index is 12.2. The zero-order chi connectivity index (χ0) is 19.3. The number of nitrogens with one attached hydrogen (secondary N) is 1. The SMILES string of the molecule is CCc1ccc(C2=CCN(c3ccc(C(=O)Nc4nncs4)cn3)CC2)cc1. The molecule has 0 saturated heterocycles. The third kappa shape index (κ3) is 4.09. The first kappa shape index (κ1) is 18.3. The topological polar surface area (TPSA) is 71.0 Å². The molecule has 1 aromatic carbocycles. The molecular weight excluding hydrogens is 370 g/mol. The first-order valence-corrected chi connectivity index (χ1v) is 10.2. The summed E-state index contributed by atoms with van der Waals surface area (Å²) in [6.07, 6.45) is 5.91. The molecule has 1 aliphatic rings. The number of rotatable bonds is 5. The fourth-order valence-corrected chi connectivity index (χ4v) is 3.64. The van der Waals surface area contributed by atoms with E-state index in [0.717, 1.165) is 31.7 Å². The minimum absolute atomic E-state index is 0.229. The second-order valence-corrected chi connectivity index (χ2v) is 7.41. The lowest BCUT2D eigenvalue weighted by Gasteiger charge is -2.27. The molecule has 3 heterocycles. The highest BCUT2D eigenvalue weighted by Gasteiger charge is 2.15. The van der Waals surface area contributed by atoms with Gasteiger partial charge < -0.3 is 4.90 Å². The van der Waals surface area contributed by atoms with Gasteiger partial charge in [-0.25, -0.2) is 4.98 Å². The van der Waals surface area contributed by atoms with E-state index < -0.39 is 0 Å². The first-order valence-electron chi connectivity index (χ1n) is 9.30. The Morgan fingerprint density at radius 2 is 2.07 bits per heavy atom. The van der Waals surface area contributed by atoms with Crippen molar-refractivity contribution in [1.29, 1.82) is 0 Å². The lowest BCUT2D eigenvalue weighted by molar-refractivity contribution is 0.102. The normalized spacial score (nSPS) is 13.9. The highest BCUT2D eigenvalue weighted by atomic mass is 32.1. The average molecular weight is 392 g/mol. The minimum atomic E-state index is -0.229. The maximum absolute atomic E-state index is 12.2. The van der Waals surface area contributed by atoms with Gasteiger partial charge in [-0.1, -0.05) is 48.6 Å². The van der Waals surface area contributed by atoms with Crippen LogP contribution in [0.15, 0.2) is 54.2 Å². The molecular formula is C21H21N5OS. The van der Waals surface area contributed by atoms with Crippen molar-refractivity contribution >= 4 is 33.8 Å². The van der Waals surface area contributed by atoms with Gasteiger partial charge in [0.2, 0.25) is 5.13 Å². The van der Waals surface area contributed by atoms with E-state index in [9.17, 15) is 4.79 Å². The Bertz CT molecular complexity index is 965. The molecule has 0 bridgehead atoms. The van der Waals surface area contributed by atoms with E-state index in [1.54, 1.807) is 17.8 Å². The molecule has 0 fully saturated rings. The predicted molar refractivity (Wildman–Crippen MR) is 113 cm³/mol. The summed E-state index contributed by atoms with van der Waals surface area (Å²) in [6.45, 7) is 3.89. The lowest BCUT2D eigenvalue weighted by atomic mass is 9.98. The number of carbonyl (C=O) groups is 1. The molecule has 0 atom stereocenters. The molecule has 142 valence electrons. The molecule has 1 aliphatic heterocycles. The van der Waals surface area contributed by atoms with Gasteiger partial charge in [-0.3, -0.25) is 10.1 Å². The third-order valence-corrected chi connectivity index (χ3v) is 5.46. The number of aromatic nitrogens is 3. The van der Waals surface area contributed by atoms with Gasteiger partial charge in [-0.05, 0) is 41.7 Å². The molecule has 0 spiro atoms. The van der Waals surface area contributed by atoms with Crippen LogP contribution in [0.5, 0.6) is 0 Å². The van der Waals surface area contributed by atoms with Crippen LogP contribution in [0, 0.1) is 0 Å². The predicted octanol–water partition coefficient (Wildman–Crippen LogP) is 4.04. The monoisotopic (exact) mass is 391 g/mol. The van der Waals surface area contributed by atoms with Crippen LogP contribution < -0.4 is 10.2 Å². The van der Waals surface area contributed by atoms with Crippen molar-refractivity contribution < 1.29 is 4.79 Å². The Labute approximate surface area is 168 Å².